The average Bonchev–Trinajstić information content (AvgIpc) is 3.30. The van der Waals surface area contributed by atoms with Gasteiger partial charge < -0.3 is 8.98 Å². The fourth-order valence-corrected chi connectivity index (χ4v) is 8.80. The Hall–Kier alpha value is -3.37. The Balaban J connectivity index is 1.73. The molecule has 6 rings (SSSR count). The minimum absolute atomic E-state index is 0.221. The number of fused-ring (bicyclic) bond motifs is 6. The zero-order valence-corrected chi connectivity index (χ0v) is 22.3. The summed E-state index contributed by atoms with van der Waals surface area (Å²) < 4.78 is 8.17. The van der Waals surface area contributed by atoms with Crippen molar-refractivity contribution < 1.29 is 4.42 Å². The zero-order chi connectivity index (χ0) is 24.7. The second-order valence-electron chi connectivity index (χ2n) is 11.5. The van der Waals surface area contributed by atoms with Gasteiger partial charge in [-0.15, -0.1) is 0 Å². The van der Waals surface area contributed by atoms with E-state index in [1.165, 1.54) is 33.3 Å². The van der Waals surface area contributed by atoms with Gasteiger partial charge in [-0.2, -0.15) is 0 Å². The molecule has 1 aliphatic carbocycles. The Morgan fingerprint density at radius 3 is 2.26 bits per heavy atom. The van der Waals surface area contributed by atoms with E-state index in [0.717, 1.165) is 16.5 Å². The van der Waals surface area contributed by atoms with Crippen LogP contribution in [0, 0.1) is 0 Å². The largest absolute Gasteiger partial charge is 0.423 e. The Kier molecular flexibility index (Phi) is 4.62. The predicted octanol–water partition coefficient (Wildman–Crippen LogP) is 8.11. The second-order valence-corrected chi connectivity index (χ2v) is 17.0. The maximum Gasteiger partial charge on any atom is 0.336 e. The molecule has 0 saturated carbocycles. The normalized spacial score (nSPS) is 15.5. The fourth-order valence-electron chi connectivity index (χ4n) is 5.90. The molecule has 35 heavy (non-hydrogen) atoms. The molecule has 0 amide bonds. The molecule has 0 spiro atoms. The van der Waals surface area contributed by atoms with Crippen LogP contribution in [0.4, 0.5) is 0 Å². The van der Waals surface area contributed by atoms with E-state index >= 15 is 0 Å². The third-order valence-corrected chi connectivity index (χ3v) is 14.6. The number of rotatable bonds is 2. The topological polar surface area (TPSA) is 35.1 Å². The summed E-state index contributed by atoms with van der Waals surface area (Å²) in [4.78, 5) is 12.6. The van der Waals surface area contributed by atoms with E-state index in [1.54, 1.807) is 6.07 Å². The molecule has 2 aromatic heterocycles. The van der Waals surface area contributed by atoms with Crippen LogP contribution in [0.1, 0.15) is 37.4 Å². The summed E-state index contributed by atoms with van der Waals surface area (Å²) in [5, 5.41) is 2.40. The third-order valence-electron chi connectivity index (χ3n) is 8.66. The Morgan fingerprint density at radius 2 is 1.54 bits per heavy atom. The van der Waals surface area contributed by atoms with Crippen molar-refractivity contribution in [1.82, 2.24) is 4.57 Å². The van der Waals surface area contributed by atoms with E-state index < -0.39 is 8.07 Å². The van der Waals surface area contributed by atoms with E-state index in [2.05, 4.69) is 81.9 Å². The SMILES string of the molecule is Cn1c2c(c3cc4oc(=O)cc(-c5ccccc5)c4cc31)C([Si](C)(C)C(C)(C)C)c1ccccc1-2. The molecular formula is C31H31NO2Si. The monoisotopic (exact) mass is 477 g/mol. The van der Waals surface area contributed by atoms with E-state index in [4.69, 9.17) is 4.42 Å². The molecule has 1 aliphatic rings. The van der Waals surface area contributed by atoms with Crippen LogP contribution in [-0.4, -0.2) is 12.6 Å². The summed E-state index contributed by atoms with van der Waals surface area (Å²) in [6.07, 6.45) is 0. The van der Waals surface area contributed by atoms with Crippen molar-refractivity contribution in [1.29, 1.82) is 0 Å². The quantitative estimate of drug-likeness (QED) is 0.190. The molecular weight excluding hydrogens is 446 g/mol. The summed E-state index contributed by atoms with van der Waals surface area (Å²) in [5.41, 5.74) is 9.35. The molecule has 2 heterocycles. The number of hydrogen-bond donors (Lipinski definition) is 0. The van der Waals surface area contributed by atoms with Crippen LogP contribution < -0.4 is 5.63 Å². The van der Waals surface area contributed by atoms with Gasteiger partial charge >= 0.3 is 5.63 Å². The van der Waals surface area contributed by atoms with Gasteiger partial charge in [-0.05, 0) is 39.4 Å². The van der Waals surface area contributed by atoms with Crippen LogP contribution in [0.15, 0.2) is 82.0 Å². The van der Waals surface area contributed by atoms with Crippen molar-refractivity contribution in [2.75, 3.05) is 0 Å². The van der Waals surface area contributed by atoms with Crippen LogP contribution in [0.25, 0.3) is 44.3 Å². The van der Waals surface area contributed by atoms with Gasteiger partial charge in [0, 0.05) is 40.5 Å². The van der Waals surface area contributed by atoms with Gasteiger partial charge in [0.2, 0.25) is 0 Å². The van der Waals surface area contributed by atoms with Crippen LogP contribution in [-0.2, 0) is 7.05 Å². The van der Waals surface area contributed by atoms with Gasteiger partial charge in [0.05, 0.1) is 13.8 Å². The Morgan fingerprint density at radius 1 is 0.857 bits per heavy atom. The highest BCUT2D eigenvalue weighted by atomic mass is 28.3. The van der Waals surface area contributed by atoms with E-state index in [1.807, 2.05) is 30.3 Å². The molecule has 3 aromatic carbocycles. The van der Waals surface area contributed by atoms with Crippen LogP contribution in [0.5, 0.6) is 0 Å². The first-order valence-electron chi connectivity index (χ1n) is 12.3. The van der Waals surface area contributed by atoms with Crippen molar-refractivity contribution in [3.63, 3.8) is 0 Å². The number of aryl methyl sites for hydroxylation is 1. The van der Waals surface area contributed by atoms with Gasteiger partial charge in [0.25, 0.3) is 0 Å². The maximum absolute atomic E-state index is 12.6. The van der Waals surface area contributed by atoms with Gasteiger partial charge in [-0.1, -0.05) is 88.5 Å². The number of nitrogens with zero attached hydrogens (tertiary/aromatic N) is 1. The highest BCUT2D eigenvalue weighted by Gasteiger charge is 2.49. The minimum Gasteiger partial charge on any atom is -0.423 e. The van der Waals surface area contributed by atoms with Gasteiger partial charge in [0.15, 0.2) is 0 Å². The summed E-state index contributed by atoms with van der Waals surface area (Å²) in [7, 11) is 0.354. The van der Waals surface area contributed by atoms with Crippen molar-refractivity contribution in [3.8, 4) is 22.4 Å². The third kappa shape index (κ3) is 3.06. The predicted molar refractivity (Wildman–Crippen MR) is 149 cm³/mol. The average molecular weight is 478 g/mol. The van der Waals surface area contributed by atoms with Crippen LogP contribution >= 0.6 is 0 Å². The molecule has 0 fully saturated rings. The molecule has 4 heteroatoms. The van der Waals surface area contributed by atoms with Gasteiger partial charge in [-0.25, -0.2) is 4.79 Å². The molecule has 1 atom stereocenters. The van der Waals surface area contributed by atoms with Gasteiger partial charge in [0.1, 0.15) is 5.58 Å². The number of aromatic nitrogens is 1. The molecule has 0 aliphatic heterocycles. The Bertz CT molecular complexity index is 1680. The van der Waals surface area contributed by atoms with E-state index in [-0.39, 0.29) is 10.7 Å². The summed E-state index contributed by atoms with van der Waals surface area (Å²) >= 11 is 0. The first-order chi connectivity index (χ1) is 16.6. The molecule has 0 bridgehead atoms. The highest BCUT2D eigenvalue weighted by Crippen LogP contribution is 2.57. The lowest BCUT2D eigenvalue weighted by Gasteiger charge is -2.42. The Labute approximate surface area is 207 Å². The van der Waals surface area contributed by atoms with Crippen LogP contribution in [0.3, 0.4) is 0 Å². The lowest BCUT2D eigenvalue weighted by Crippen LogP contribution is -2.43. The number of hydrogen-bond acceptors (Lipinski definition) is 2. The van der Waals surface area contributed by atoms with E-state index in [9.17, 15) is 4.79 Å². The summed E-state index contributed by atoms with van der Waals surface area (Å²) in [5.74, 6) is 0. The first kappa shape index (κ1) is 22.1. The standard InChI is InChI=1S/C31H31NO2Si/c1-31(2,3)35(5,6)30-21-15-11-10-14-20(21)29-28(30)24-17-26-23(16-25(24)32(29)4)22(18-27(33)34-26)19-12-8-7-9-13-19/h7-18,30H,1-6H3. The van der Waals surface area contributed by atoms with Crippen molar-refractivity contribution in [2.45, 2.75) is 44.4 Å². The minimum atomic E-state index is -1.83. The molecule has 0 N–H and O–H groups in total. The smallest absolute Gasteiger partial charge is 0.336 e. The molecule has 0 saturated heterocycles. The number of benzene rings is 3. The molecule has 5 aromatic rings. The maximum atomic E-state index is 12.6. The molecule has 176 valence electrons. The molecule has 1 unspecified atom stereocenters. The zero-order valence-electron chi connectivity index (χ0n) is 21.3. The van der Waals surface area contributed by atoms with Crippen LogP contribution in [0.2, 0.25) is 18.1 Å². The lowest BCUT2D eigenvalue weighted by molar-refractivity contribution is 0.562. The van der Waals surface area contributed by atoms with Crippen molar-refractivity contribution in [3.05, 3.63) is 94.3 Å². The molecule has 3 nitrogen and oxygen atoms in total. The van der Waals surface area contributed by atoms with Crippen molar-refractivity contribution in [2.24, 2.45) is 7.05 Å². The first-order valence-corrected chi connectivity index (χ1v) is 15.4. The summed E-state index contributed by atoms with van der Waals surface area (Å²) in [6.45, 7) is 12.2. The van der Waals surface area contributed by atoms with E-state index in [0.29, 0.717) is 11.1 Å². The molecule has 0 radical (unpaired) electrons. The summed E-state index contributed by atoms with van der Waals surface area (Å²) in [6, 6.07) is 25.0. The van der Waals surface area contributed by atoms with Crippen molar-refractivity contribution >= 4 is 29.9 Å². The highest BCUT2D eigenvalue weighted by molar-refractivity contribution is 6.82. The fraction of sp³-hybridized carbons (Fsp3) is 0.258. The second kappa shape index (κ2) is 7.31. The lowest BCUT2D eigenvalue weighted by atomic mass is 10.00. The van der Waals surface area contributed by atoms with Gasteiger partial charge in [-0.3, -0.25) is 0 Å².